The molecule has 5 nitrogen and oxygen atoms in total. The van der Waals surface area contributed by atoms with Gasteiger partial charge in [-0.25, -0.2) is 4.79 Å². The SMILES string of the molecule is O=C(O)c1cccc(CN2C(=O)C(=O)c3cccc(Br)c32)c1. The van der Waals surface area contributed by atoms with Crippen molar-refractivity contribution in [3.8, 4) is 0 Å². The van der Waals surface area contributed by atoms with Crippen LogP contribution in [0.1, 0.15) is 26.3 Å². The number of carbonyl (C=O) groups is 3. The van der Waals surface area contributed by atoms with Crippen molar-refractivity contribution in [3.63, 3.8) is 0 Å². The zero-order chi connectivity index (χ0) is 15.9. The lowest BCUT2D eigenvalue weighted by atomic mass is 10.1. The van der Waals surface area contributed by atoms with Gasteiger partial charge >= 0.3 is 5.97 Å². The highest BCUT2D eigenvalue weighted by Crippen LogP contribution is 2.36. The Kier molecular flexibility index (Phi) is 3.54. The summed E-state index contributed by atoms with van der Waals surface area (Å²) in [6, 6.07) is 11.4. The van der Waals surface area contributed by atoms with Gasteiger partial charge in [-0.15, -0.1) is 0 Å². The first-order chi connectivity index (χ1) is 10.5. The van der Waals surface area contributed by atoms with Crippen molar-refractivity contribution in [2.45, 2.75) is 6.54 Å². The molecule has 0 spiro atoms. The van der Waals surface area contributed by atoms with Gasteiger partial charge in [0.05, 0.1) is 23.4 Å². The quantitative estimate of drug-likeness (QED) is 0.855. The summed E-state index contributed by atoms with van der Waals surface area (Å²) in [5.74, 6) is -2.19. The summed E-state index contributed by atoms with van der Waals surface area (Å²) in [4.78, 5) is 36.6. The zero-order valence-electron chi connectivity index (χ0n) is 11.2. The average molecular weight is 360 g/mol. The maximum absolute atomic E-state index is 12.2. The molecule has 0 aromatic heterocycles. The fraction of sp³-hybridized carbons (Fsp3) is 0.0625. The molecule has 0 saturated heterocycles. The molecule has 1 amide bonds. The van der Waals surface area contributed by atoms with Gasteiger partial charge in [0.25, 0.3) is 11.7 Å². The fourth-order valence-corrected chi connectivity index (χ4v) is 3.03. The highest BCUT2D eigenvalue weighted by atomic mass is 79.9. The molecule has 2 aromatic rings. The molecule has 6 heteroatoms. The maximum Gasteiger partial charge on any atom is 0.335 e. The van der Waals surface area contributed by atoms with Crippen LogP contribution in [0.25, 0.3) is 0 Å². The third-order valence-electron chi connectivity index (χ3n) is 3.46. The van der Waals surface area contributed by atoms with Crippen LogP contribution in [0.15, 0.2) is 46.9 Å². The molecule has 1 aliphatic heterocycles. The van der Waals surface area contributed by atoms with Crippen LogP contribution in [0.5, 0.6) is 0 Å². The molecule has 0 unspecified atom stereocenters. The van der Waals surface area contributed by atoms with Crippen molar-refractivity contribution in [2.24, 2.45) is 0 Å². The lowest BCUT2D eigenvalue weighted by molar-refractivity contribution is -0.114. The predicted molar refractivity (Wildman–Crippen MR) is 83.1 cm³/mol. The topological polar surface area (TPSA) is 74.7 Å². The molecular weight excluding hydrogens is 350 g/mol. The highest BCUT2D eigenvalue weighted by molar-refractivity contribution is 9.10. The Balaban J connectivity index is 2.00. The summed E-state index contributed by atoms with van der Waals surface area (Å²) in [6.45, 7) is 0.140. The summed E-state index contributed by atoms with van der Waals surface area (Å²) >= 11 is 3.35. The Morgan fingerprint density at radius 2 is 1.86 bits per heavy atom. The number of hydrogen-bond acceptors (Lipinski definition) is 3. The van der Waals surface area contributed by atoms with Gasteiger partial charge in [0.2, 0.25) is 0 Å². The predicted octanol–water partition coefficient (Wildman–Crippen LogP) is 2.88. The maximum atomic E-state index is 12.2. The fourth-order valence-electron chi connectivity index (χ4n) is 2.45. The summed E-state index contributed by atoms with van der Waals surface area (Å²) in [5.41, 5.74) is 1.67. The molecule has 0 saturated carbocycles. The van der Waals surface area contributed by atoms with Crippen molar-refractivity contribution in [2.75, 3.05) is 4.90 Å². The normalized spacial score (nSPS) is 13.4. The molecule has 110 valence electrons. The van der Waals surface area contributed by atoms with E-state index >= 15 is 0 Å². The minimum Gasteiger partial charge on any atom is -0.478 e. The van der Waals surface area contributed by atoms with Crippen LogP contribution in [-0.4, -0.2) is 22.8 Å². The molecule has 1 heterocycles. The van der Waals surface area contributed by atoms with Crippen molar-refractivity contribution >= 4 is 39.3 Å². The molecule has 0 fully saturated rings. The van der Waals surface area contributed by atoms with E-state index in [1.165, 1.54) is 17.0 Å². The van der Waals surface area contributed by atoms with Crippen LogP contribution in [0.2, 0.25) is 0 Å². The average Bonchev–Trinajstić information content (AvgIpc) is 2.74. The first kappa shape index (κ1) is 14.5. The zero-order valence-corrected chi connectivity index (χ0v) is 12.8. The lowest BCUT2D eigenvalue weighted by Crippen LogP contribution is -2.29. The van der Waals surface area contributed by atoms with Gasteiger partial charge in [-0.05, 0) is 45.8 Å². The van der Waals surface area contributed by atoms with Crippen LogP contribution in [0.4, 0.5) is 5.69 Å². The first-order valence-electron chi connectivity index (χ1n) is 6.46. The van der Waals surface area contributed by atoms with E-state index in [9.17, 15) is 14.4 Å². The highest BCUT2D eigenvalue weighted by Gasteiger charge is 2.37. The number of hydrogen-bond donors (Lipinski definition) is 1. The summed E-state index contributed by atoms with van der Waals surface area (Å²) in [6.07, 6.45) is 0. The largest absolute Gasteiger partial charge is 0.478 e. The molecule has 1 N–H and O–H groups in total. The standard InChI is InChI=1S/C16H10BrNO4/c17-12-6-2-5-11-13(12)18(15(20)14(11)19)8-9-3-1-4-10(7-9)16(21)22/h1-7H,8H2,(H,21,22). The number of amides is 1. The number of para-hydroxylation sites is 1. The van der Waals surface area contributed by atoms with Gasteiger partial charge in [0.15, 0.2) is 0 Å². The van der Waals surface area contributed by atoms with Crippen LogP contribution in [0.3, 0.4) is 0 Å². The minimum absolute atomic E-state index is 0.140. The number of carboxylic acids is 1. The molecule has 3 rings (SSSR count). The van der Waals surface area contributed by atoms with Crippen molar-refractivity contribution in [1.82, 2.24) is 0 Å². The molecule has 0 bridgehead atoms. The second kappa shape index (κ2) is 5.38. The van der Waals surface area contributed by atoms with Gasteiger partial charge in [0, 0.05) is 4.47 Å². The van der Waals surface area contributed by atoms with Crippen molar-refractivity contribution in [1.29, 1.82) is 0 Å². The number of rotatable bonds is 3. The summed E-state index contributed by atoms with van der Waals surface area (Å²) in [7, 11) is 0. The van der Waals surface area contributed by atoms with E-state index in [4.69, 9.17) is 5.11 Å². The lowest BCUT2D eigenvalue weighted by Gasteiger charge is -2.18. The Hall–Kier alpha value is -2.47. The monoisotopic (exact) mass is 359 g/mol. The number of fused-ring (bicyclic) bond motifs is 1. The van der Waals surface area contributed by atoms with Crippen LogP contribution in [-0.2, 0) is 11.3 Å². The number of ketones is 1. The second-order valence-electron chi connectivity index (χ2n) is 4.86. The number of Topliss-reactive ketones (excluding diaryl/α,β-unsaturated/α-hetero) is 1. The summed E-state index contributed by atoms with van der Waals surface area (Å²) in [5, 5.41) is 9.02. The number of anilines is 1. The van der Waals surface area contributed by atoms with Gasteiger partial charge in [-0.2, -0.15) is 0 Å². The number of aromatic carboxylic acids is 1. The number of halogens is 1. The van der Waals surface area contributed by atoms with E-state index in [-0.39, 0.29) is 12.1 Å². The van der Waals surface area contributed by atoms with E-state index in [1.807, 2.05) is 0 Å². The number of benzene rings is 2. The molecular formula is C16H10BrNO4. The molecule has 0 atom stereocenters. The Bertz CT molecular complexity index is 816. The molecule has 22 heavy (non-hydrogen) atoms. The molecule has 2 aromatic carbocycles. The second-order valence-corrected chi connectivity index (χ2v) is 5.72. The number of nitrogens with zero attached hydrogens (tertiary/aromatic N) is 1. The molecule has 1 aliphatic rings. The van der Waals surface area contributed by atoms with Crippen LogP contribution in [0, 0.1) is 0 Å². The van der Waals surface area contributed by atoms with E-state index in [0.29, 0.717) is 21.3 Å². The van der Waals surface area contributed by atoms with Crippen molar-refractivity contribution < 1.29 is 19.5 Å². The van der Waals surface area contributed by atoms with Gasteiger partial charge in [-0.3, -0.25) is 14.5 Å². The molecule has 0 aliphatic carbocycles. The molecule has 0 radical (unpaired) electrons. The first-order valence-corrected chi connectivity index (χ1v) is 7.25. The van der Waals surface area contributed by atoms with E-state index < -0.39 is 17.7 Å². The van der Waals surface area contributed by atoms with Gasteiger partial charge in [0.1, 0.15) is 0 Å². The van der Waals surface area contributed by atoms with E-state index in [1.54, 1.807) is 30.3 Å². The third-order valence-corrected chi connectivity index (χ3v) is 4.10. The van der Waals surface area contributed by atoms with E-state index in [2.05, 4.69) is 15.9 Å². The Morgan fingerprint density at radius 3 is 2.59 bits per heavy atom. The van der Waals surface area contributed by atoms with Crippen LogP contribution < -0.4 is 4.90 Å². The van der Waals surface area contributed by atoms with E-state index in [0.717, 1.165) is 0 Å². The van der Waals surface area contributed by atoms with Crippen molar-refractivity contribution in [3.05, 3.63) is 63.6 Å². The van der Waals surface area contributed by atoms with Gasteiger partial charge in [-0.1, -0.05) is 18.2 Å². The summed E-state index contributed by atoms with van der Waals surface area (Å²) < 4.78 is 0.651. The number of carbonyl (C=O) groups excluding carboxylic acids is 2. The smallest absolute Gasteiger partial charge is 0.335 e. The van der Waals surface area contributed by atoms with Crippen LogP contribution >= 0.6 is 15.9 Å². The minimum atomic E-state index is -1.03. The Labute approximate surface area is 134 Å². The van der Waals surface area contributed by atoms with Gasteiger partial charge < -0.3 is 5.11 Å². The Morgan fingerprint density at radius 1 is 1.14 bits per heavy atom. The number of carboxylic acid groups (broad SMARTS) is 1. The third kappa shape index (κ3) is 2.31.